The van der Waals surface area contributed by atoms with Crippen LogP contribution in [0.15, 0.2) is 34.2 Å². The van der Waals surface area contributed by atoms with Crippen molar-refractivity contribution >= 4 is 27.3 Å². The molecule has 0 N–H and O–H groups in total. The molecular formula is C12H12BrNOS. The lowest BCUT2D eigenvalue weighted by Gasteiger charge is -2.11. The molecule has 0 amide bonds. The number of para-hydroxylation sites is 1. The average Bonchev–Trinajstić information content (AvgIpc) is 2.64. The van der Waals surface area contributed by atoms with E-state index in [1.165, 1.54) is 16.9 Å². The highest BCUT2D eigenvalue weighted by atomic mass is 79.9. The fourth-order valence-corrected chi connectivity index (χ4v) is 2.53. The fraction of sp³-hybridized carbons (Fsp3) is 0.250. The number of halogens is 1. The van der Waals surface area contributed by atoms with E-state index in [4.69, 9.17) is 4.74 Å². The van der Waals surface area contributed by atoms with Crippen LogP contribution in [0.5, 0.6) is 10.9 Å². The molecule has 0 saturated heterocycles. The van der Waals surface area contributed by atoms with E-state index in [9.17, 15) is 0 Å². The zero-order valence-electron chi connectivity index (χ0n) is 9.11. The lowest BCUT2D eigenvalue weighted by molar-refractivity contribution is 0.469. The van der Waals surface area contributed by atoms with Gasteiger partial charge >= 0.3 is 0 Å². The standard InChI is InChI=1S/C12H12BrNOS/c1-8(2)9-5-3-4-6-10(9)15-12-14-11(13)7-16-12/h3-8H,1-2H3. The van der Waals surface area contributed by atoms with Crippen molar-refractivity contribution in [2.24, 2.45) is 0 Å². The van der Waals surface area contributed by atoms with Crippen LogP contribution in [0, 0.1) is 0 Å². The summed E-state index contributed by atoms with van der Waals surface area (Å²) in [4.78, 5) is 4.22. The molecule has 1 aromatic carbocycles. The number of hydrogen-bond donors (Lipinski definition) is 0. The molecule has 4 heteroatoms. The van der Waals surface area contributed by atoms with E-state index >= 15 is 0 Å². The van der Waals surface area contributed by atoms with Crippen molar-refractivity contribution in [3.63, 3.8) is 0 Å². The average molecular weight is 298 g/mol. The molecule has 0 spiro atoms. The van der Waals surface area contributed by atoms with Crippen LogP contribution in [-0.2, 0) is 0 Å². The van der Waals surface area contributed by atoms with Crippen LogP contribution in [0.2, 0.25) is 0 Å². The number of rotatable bonds is 3. The second-order valence-electron chi connectivity index (χ2n) is 3.73. The second-order valence-corrected chi connectivity index (χ2v) is 5.36. The third-order valence-electron chi connectivity index (χ3n) is 2.19. The van der Waals surface area contributed by atoms with Crippen molar-refractivity contribution in [3.05, 3.63) is 39.8 Å². The molecule has 2 aromatic rings. The molecule has 0 aliphatic heterocycles. The van der Waals surface area contributed by atoms with Gasteiger partial charge in [-0.05, 0) is 33.5 Å². The van der Waals surface area contributed by atoms with Gasteiger partial charge in [0.2, 0.25) is 0 Å². The van der Waals surface area contributed by atoms with E-state index in [0.29, 0.717) is 11.1 Å². The summed E-state index contributed by atoms with van der Waals surface area (Å²) < 4.78 is 6.58. The largest absolute Gasteiger partial charge is 0.431 e. The molecule has 0 aliphatic carbocycles. The van der Waals surface area contributed by atoms with Gasteiger partial charge in [-0.2, -0.15) is 4.98 Å². The Hall–Kier alpha value is -0.870. The van der Waals surface area contributed by atoms with Gasteiger partial charge in [0.1, 0.15) is 10.4 Å². The molecule has 0 unspecified atom stereocenters. The first-order valence-electron chi connectivity index (χ1n) is 5.04. The highest BCUT2D eigenvalue weighted by molar-refractivity contribution is 9.10. The summed E-state index contributed by atoms with van der Waals surface area (Å²) in [6.45, 7) is 4.31. The van der Waals surface area contributed by atoms with E-state index in [2.05, 4.69) is 40.8 Å². The van der Waals surface area contributed by atoms with E-state index < -0.39 is 0 Å². The molecule has 16 heavy (non-hydrogen) atoms. The van der Waals surface area contributed by atoms with E-state index in [0.717, 1.165) is 10.4 Å². The summed E-state index contributed by atoms with van der Waals surface area (Å²) in [5.74, 6) is 1.33. The fourth-order valence-electron chi connectivity index (χ4n) is 1.43. The van der Waals surface area contributed by atoms with Gasteiger partial charge < -0.3 is 4.74 Å². The summed E-state index contributed by atoms with van der Waals surface area (Å²) >= 11 is 4.80. The number of thiazole rings is 1. The summed E-state index contributed by atoms with van der Waals surface area (Å²) in [5.41, 5.74) is 1.20. The Bertz CT molecular complexity index is 481. The van der Waals surface area contributed by atoms with Crippen LogP contribution in [0.1, 0.15) is 25.3 Å². The molecule has 0 atom stereocenters. The van der Waals surface area contributed by atoms with Gasteiger partial charge in [-0.3, -0.25) is 0 Å². The minimum Gasteiger partial charge on any atom is -0.431 e. The zero-order chi connectivity index (χ0) is 11.5. The molecule has 0 fully saturated rings. The Labute approximate surface area is 107 Å². The maximum absolute atomic E-state index is 5.77. The Morgan fingerprint density at radius 3 is 2.69 bits per heavy atom. The second kappa shape index (κ2) is 4.97. The Kier molecular flexibility index (Phi) is 3.61. The molecule has 1 aromatic heterocycles. The van der Waals surface area contributed by atoms with E-state index in [1.54, 1.807) is 0 Å². The maximum Gasteiger partial charge on any atom is 0.279 e. The van der Waals surface area contributed by atoms with Gasteiger partial charge in [-0.25, -0.2) is 0 Å². The summed E-state index contributed by atoms with van der Waals surface area (Å²) in [6.07, 6.45) is 0. The molecule has 2 nitrogen and oxygen atoms in total. The SMILES string of the molecule is CC(C)c1ccccc1Oc1nc(Br)cs1. The summed E-state index contributed by atoms with van der Waals surface area (Å²) in [6, 6.07) is 8.07. The van der Waals surface area contributed by atoms with E-state index in [-0.39, 0.29) is 0 Å². The zero-order valence-corrected chi connectivity index (χ0v) is 11.5. The van der Waals surface area contributed by atoms with Crippen molar-refractivity contribution in [2.45, 2.75) is 19.8 Å². The number of aromatic nitrogens is 1. The molecule has 1 heterocycles. The quantitative estimate of drug-likeness (QED) is 0.810. The Morgan fingerprint density at radius 1 is 1.31 bits per heavy atom. The Morgan fingerprint density at radius 2 is 2.06 bits per heavy atom. The number of ether oxygens (including phenoxy) is 1. The van der Waals surface area contributed by atoms with Gasteiger partial charge in [0.05, 0.1) is 0 Å². The number of hydrogen-bond acceptors (Lipinski definition) is 3. The van der Waals surface area contributed by atoms with Crippen molar-refractivity contribution in [1.82, 2.24) is 4.98 Å². The van der Waals surface area contributed by atoms with Crippen LogP contribution in [0.25, 0.3) is 0 Å². The van der Waals surface area contributed by atoms with Gasteiger partial charge in [-0.1, -0.05) is 43.4 Å². The van der Waals surface area contributed by atoms with Gasteiger partial charge in [0.25, 0.3) is 5.19 Å². The first-order valence-corrected chi connectivity index (χ1v) is 6.72. The maximum atomic E-state index is 5.77. The highest BCUT2D eigenvalue weighted by Gasteiger charge is 2.09. The topological polar surface area (TPSA) is 22.1 Å². The number of nitrogens with zero attached hydrogens (tertiary/aromatic N) is 1. The first-order chi connectivity index (χ1) is 7.66. The lowest BCUT2D eigenvalue weighted by Crippen LogP contribution is -1.93. The molecule has 0 radical (unpaired) electrons. The molecule has 84 valence electrons. The number of benzene rings is 1. The van der Waals surface area contributed by atoms with Gasteiger partial charge in [-0.15, -0.1) is 0 Å². The van der Waals surface area contributed by atoms with Crippen molar-refractivity contribution < 1.29 is 4.74 Å². The van der Waals surface area contributed by atoms with Crippen LogP contribution >= 0.6 is 27.3 Å². The predicted molar refractivity (Wildman–Crippen MR) is 70.4 cm³/mol. The molecule has 2 rings (SSSR count). The molecule has 0 bridgehead atoms. The smallest absolute Gasteiger partial charge is 0.279 e. The monoisotopic (exact) mass is 297 g/mol. The Balaban J connectivity index is 2.27. The third kappa shape index (κ3) is 2.62. The van der Waals surface area contributed by atoms with Crippen molar-refractivity contribution in [2.75, 3.05) is 0 Å². The van der Waals surface area contributed by atoms with Gasteiger partial charge in [0, 0.05) is 5.38 Å². The molecular weight excluding hydrogens is 286 g/mol. The molecule has 0 aliphatic rings. The van der Waals surface area contributed by atoms with Crippen LogP contribution in [-0.4, -0.2) is 4.98 Å². The van der Waals surface area contributed by atoms with Crippen molar-refractivity contribution in [3.8, 4) is 10.9 Å². The lowest BCUT2D eigenvalue weighted by atomic mass is 10.0. The minimum absolute atomic E-state index is 0.444. The van der Waals surface area contributed by atoms with Crippen molar-refractivity contribution in [1.29, 1.82) is 0 Å². The highest BCUT2D eigenvalue weighted by Crippen LogP contribution is 2.32. The van der Waals surface area contributed by atoms with Crippen LogP contribution in [0.4, 0.5) is 0 Å². The van der Waals surface area contributed by atoms with Gasteiger partial charge in [0.15, 0.2) is 0 Å². The normalized spacial score (nSPS) is 10.8. The predicted octanol–water partition coefficient (Wildman–Crippen LogP) is 4.82. The summed E-state index contributed by atoms with van der Waals surface area (Å²) in [5, 5.41) is 2.58. The molecule has 0 saturated carbocycles. The van der Waals surface area contributed by atoms with Crippen LogP contribution in [0.3, 0.4) is 0 Å². The van der Waals surface area contributed by atoms with Crippen LogP contribution < -0.4 is 4.74 Å². The minimum atomic E-state index is 0.444. The summed E-state index contributed by atoms with van der Waals surface area (Å²) in [7, 11) is 0. The van der Waals surface area contributed by atoms with E-state index in [1.807, 2.05) is 23.6 Å². The first kappa shape index (κ1) is 11.6. The third-order valence-corrected chi connectivity index (χ3v) is 3.62.